The molecule has 8 heteroatoms. The minimum Gasteiger partial charge on any atom is -0.487 e. The minimum atomic E-state index is -0.0882. The summed E-state index contributed by atoms with van der Waals surface area (Å²) in [6.45, 7) is 1.31. The van der Waals surface area contributed by atoms with Crippen LogP contribution in [0.3, 0.4) is 0 Å². The summed E-state index contributed by atoms with van der Waals surface area (Å²) in [5, 5.41) is 6.21. The predicted octanol–water partition coefficient (Wildman–Crippen LogP) is 3.84. The number of nitrogens with zero attached hydrogens (tertiary/aromatic N) is 2. The molecule has 1 amide bonds. The Morgan fingerprint density at radius 2 is 2.00 bits per heavy atom. The first kappa shape index (κ1) is 22.0. The first-order chi connectivity index (χ1) is 12.8. The van der Waals surface area contributed by atoms with Crippen molar-refractivity contribution in [3.8, 4) is 5.75 Å². The number of carbonyl (C=O) groups excluding carboxylic acids is 1. The van der Waals surface area contributed by atoms with Crippen LogP contribution in [0.15, 0.2) is 54.9 Å². The quantitative estimate of drug-likeness (QED) is 0.655. The largest absolute Gasteiger partial charge is 0.487 e. The van der Waals surface area contributed by atoms with Gasteiger partial charge in [-0.1, -0.05) is 12.5 Å². The van der Waals surface area contributed by atoms with E-state index in [2.05, 4.69) is 15.6 Å². The number of halogens is 2. The third kappa shape index (κ3) is 5.38. The number of aromatic nitrogens is 2. The number of nitrogens with one attached hydrogen (secondary N) is 2. The van der Waals surface area contributed by atoms with Gasteiger partial charge in [-0.2, -0.15) is 0 Å². The van der Waals surface area contributed by atoms with Crippen molar-refractivity contribution in [1.82, 2.24) is 14.7 Å². The summed E-state index contributed by atoms with van der Waals surface area (Å²) >= 11 is 0. The molecule has 1 saturated heterocycles. The van der Waals surface area contributed by atoms with Crippen molar-refractivity contribution in [3.63, 3.8) is 0 Å². The highest BCUT2D eigenvalue weighted by atomic mass is 35.5. The van der Waals surface area contributed by atoms with E-state index in [0.29, 0.717) is 6.61 Å². The Kier molecular flexibility index (Phi) is 8.11. The molecule has 2 N–H and O–H groups in total. The standard InChI is InChI=1S/C20H22N4O2.2ClH/c25-20(18-5-1-3-11-21-18)23-15-7-9-17(10-8-15)26-14-16-13-24-12-4-2-6-19(24)22-16;;/h2,4,6-10,12-13,18,21H,1,3,5,11,14H2,(H,23,25);2*1H/t18-;;/m1../s1. The molecule has 2 aromatic heterocycles. The molecule has 28 heavy (non-hydrogen) atoms. The van der Waals surface area contributed by atoms with E-state index in [1.807, 2.05) is 59.3 Å². The molecule has 1 atom stereocenters. The average Bonchev–Trinajstić information content (AvgIpc) is 3.11. The second-order valence-electron chi connectivity index (χ2n) is 6.50. The third-order valence-corrected chi connectivity index (χ3v) is 4.55. The smallest absolute Gasteiger partial charge is 0.241 e. The number of hydrogen-bond donors (Lipinski definition) is 2. The Hall–Kier alpha value is -2.28. The maximum absolute atomic E-state index is 12.2. The minimum absolute atomic E-state index is 0. The van der Waals surface area contributed by atoms with E-state index < -0.39 is 0 Å². The summed E-state index contributed by atoms with van der Waals surface area (Å²) in [6.07, 6.45) is 7.06. The summed E-state index contributed by atoms with van der Waals surface area (Å²) in [6, 6.07) is 13.2. The van der Waals surface area contributed by atoms with Crippen LogP contribution < -0.4 is 15.4 Å². The van der Waals surface area contributed by atoms with Gasteiger partial charge in [0.15, 0.2) is 0 Å². The molecule has 3 heterocycles. The van der Waals surface area contributed by atoms with Crippen LogP contribution in [0.1, 0.15) is 25.0 Å². The number of pyridine rings is 1. The van der Waals surface area contributed by atoms with Gasteiger partial charge >= 0.3 is 0 Å². The zero-order valence-electron chi connectivity index (χ0n) is 15.3. The van der Waals surface area contributed by atoms with Crippen LogP contribution in [0, 0.1) is 0 Å². The Morgan fingerprint density at radius 3 is 2.71 bits per heavy atom. The normalized spacial score (nSPS) is 15.9. The molecular formula is C20H24Cl2N4O2. The van der Waals surface area contributed by atoms with Gasteiger partial charge in [0, 0.05) is 18.1 Å². The van der Waals surface area contributed by atoms with E-state index in [9.17, 15) is 4.79 Å². The third-order valence-electron chi connectivity index (χ3n) is 4.55. The number of piperidine rings is 1. The van der Waals surface area contributed by atoms with Gasteiger partial charge in [-0.3, -0.25) is 4.79 Å². The summed E-state index contributed by atoms with van der Waals surface area (Å²) < 4.78 is 7.77. The molecule has 1 aliphatic rings. The Morgan fingerprint density at radius 1 is 1.18 bits per heavy atom. The van der Waals surface area contributed by atoms with Gasteiger partial charge in [-0.15, -0.1) is 24.8 Å². The molecule has 6 nitrogen and oxygen atoms in total. The van der Waals surface area contributed by atoms with Crippen LogP contribution in [0.25, 0.3) is 5.65 Å². The fourth-order valence-electron chi connectivity index (χ4n) is 3.15. The number of amides is 1. The van der Waals surface area contributed by atoms with Crippen LogP contribution in [0.4, 0.5) is 5.69 Å². The maximum Gasteiger partial charge on any atom is 0.241 e. The lowest BCUT2D eigenvalue weighted by atomic mass is 10.0. The highest BCUT2D eigenvalue weighted by Gasteiger charge is 2.20. The van der Waals surface area contributed by atoms with Crippen molar-refractivity contribution in [2.75, 3.05) is 11.9 Å². The van der Waals surface area contributed by atoms with Crippen molar-refractivity contribution in [3.05, 3.63) is 60.6 Å². The van der Waals surface area contributed by atoms with E-state index in [1.165, 1.54) is 0 Å². The molecule has 4 rings (SSSR count). The SMILES string of the molecule is Cl.Cl.O=C(Nc1ccc(OCc2cn3ccccc3n2)cc1)[C@H]1CCCCN1. The fourth-order valence-corrected chi connectivity index (χ4v) is 3.15. The van der Waals surface area contributed by atoms with Gasteiger partial charge in [-0.25, -0.2) is 4.98 Å². The molecule has 0 saturated carbocycles. The van der Waals surface area contributed by atoms with Gasteiger partial charge in [0.25, 0.3) is 0 Å². The lowest BCUT2D eigenvalue weighted by molar-refractivity contribution is -0.118. The first-order valence-electron chi connectivity index (χ1n) is 8.98. The lowest BCUT2D eigenvalue weighted by Gasteiger charge is -2.22. The van der Waals surface area contributed by atoms with Crippen molar-refractivity contribution in [1.29, 1.82) is 0 Å². The van der Waals surface area contributed by atoms with Gasteiger partial charge in [0.05, 0.1) is 11.7 Å². The van der Waals surface area contributed by atoms with E-state index in [0.717, 1.165) is 48.6 Å². The Labute approximate surface area is 176 Å². The summed E-state index contributed by atoms with van der Waals surface area (Å²) in [4.78, 5) is 16.7. The second-order valence-corrected chi connectivity index (χ2v) is 6.50. The number of benzene rings is 1. The van der Waals surface area contributed by atoms with E-state index >= 15 is 0 Å². The molecule has 0 aliphatic carbocycles. The predicted molar refractivity (Wildman–Crippen MR) is 115 cm³/mol. The topological polar surface area (TPSA) is 67.7 Å². The van der Waals surface area contributed by atoms with E-state index in [-0.39, 0.29) is 36.8 Å². The summed E-state index contributed by atoms with van der Waals surface area (Å²) in [5.41, 5.74) is 2.56. The molecular weight excluding hydrogens is 399 g/mol. The molecule has 1 aromatic carbocycles. The number of anilines is 1. The molecule has 0 bridgehead atoms. The van der Waals surface area contributed by atoms with Crippen LogP contribution in [0.5, 0.6) is 5.75 Å². The van der Waals surface area contributed by atoms with Gasteiger partial charge in [0.1, 0.15) is 18.0 Å². The number of rotatable bonds is 5. The molecule has 150 valence electrons. The molecule has 1 fully saturated rings. The van der Waals surface area contributed by atoms with Gasteiger partial charge < -0.3 is 19.8 Å². The van der Waals surface area contributed by atoms with Crippen LogP contribution >= 0.6 is 24.8 Å². The number of ether oxygens (including phenoxy) is 1. The zero-order chi connectivity index (χ0) is 17.8. The first-order valence-corrected chi connectivity index (χ1v) is 8.98. The van der Waals surface area contributed by atoms with Crippen LogP contribution in [-0.2, 0) is 11.4 Å². The van der Waals surface area contributed by atoms with Gasteiger partial charge in [0.2, 0.25) is 5.91 Å². The lowest BCUT2D eigenvalue weighted by Crippen LogP contribution is -2.43. The van der Waals surface area contributed by atoms with Crippen molar-refractivity contribution >= 4 is 42.1 Å². The second kappa shape index (κ2) is 10.3. The van der Waals surface area contributed by atoms with Crippen molar-refractivity contribution in [2.24, 2.45) is 0 Å². The number of hydrogen-bond acceptors (Lipinski definition) is 4. The number of carbonyl (C=O) groups is 1. The number of imidazole rings is 1. The molecule has 3 aromatic rings. The molecule has 0 radical (unpaired) electrons. The maximum atomic E-state index is 12.2. The Balaban J connectivity index is 0.00000140. The Bertz CT molecular complexity index is 860. The molecule has 0 unspecified atom stereocenters. The highest BCUT2D eigenvalue weighted by molar-refractivity contribution is 5.94. The number of fused-ring (bicyclic) bond motifs is 1. The molecule has 1 aliphatic heterocycles. The van der Waals surface area contributed by atoms with E-state index in [4.69, 9.17) is 4.74 Å². The fraction of sp³-hybridized carbons (Fsp3) is 0.300. The molecule has 0 spiro atoms. The van der Waals surface area contributed by atoms with Crippen molar-refractivity contribution in [2.45, 2.75) is 31.9 Å². The van der Waals surface area contributed by atoms with E-state index in [1.54, 1.807) is 0 Å². The van der Waals surface area contributed by atoms with Crippen LogP contribution in [0.2, 0.25) is 0 Å². The van der Waals surface area contributed by atoms with Gasteiger partial charge in [-0.05, 0) is 55.8 Å². The average molecular weight is 423 g/mol. The summed E-state index contributed by atoms with van der Waals surface area (Å²) in [5.74, 6) is 0.777. The van der Waals surface area contributed by atoms with Crippen molar-refractivity contribution < 1.29 is 9.53 Å². The monoisotopic (exact) mass is 422 g/mol. The zero-order valence-corrected chi connectivity index (χ0v) is 17.0. The highest BCUT2D eigenvalue weighted by Crippen LogP contribution is 2.18. The summed E-state index contributed by atoms with van der Waals surface area (Å²) in [7, 11) is 0. The van der Waals surface area contributed by atoms with Crippen LogP contribution in [-0.4, -0.2) is 27.9 Å².